The lowest BCUT2D eigenvalue weighted by Gasteiger charge is -2.38. The molecule has 4 rings (SSSR count). The van der Waals surface area contributed by atoms with Gasteiger partial charge in [-0.15, -0.1) is 5.10 Å². The molecule has 1 aromatic carbocycles. The molecule has 1 unspecified atom stereocenters. The Morgan fingerprint density at radius 3 is 2.52 bits per heavy atom. The number of aromatic nitrogens is 4. The number of tetrazole rings is 1. The second-order valence-corrected chi connectivity index (χ2v) is 7.75. The first kappa shape index (κ1) is 19.4. The molecule has 2 heterocycles. The van der Waals surface area contributed by atoms with Crippen LogP contribution in [0.3, 0.4) is 0 Å². The van der Waals surface area contributed by atoms with Crippen molar-refractivity contribution < 1.29 is 14.3 Å². The summed E-state index contributed by atoms with van der Waals surface area (Å²) in [6.45, 7) is 4.07. The normalized spacial score (nSPS) is 23.1. The Bertz CT molecular complexity index is 824. The van der Waals surface area contributed by atoms with Crippen molar-refractivity contribution in [1.82, 2.24) is 30.4 Å². The average Bonchev–Trinajstić information content (AvgIpc) is 3.28. The molecule has 1 saturated carbocycles. The van der Waals surface area contributed by atoms with Crippen molar-refractivity contribution in [2.45, 2.75) is 38.8 Å². The van der Waals surface area contributed by atoms with Gasteiger partial charge in [0, 0.05) is 19.1 Å². The van der Waals surface area contributed by atoms with Gasteiger partial charge in [0.1, 0.15) is 18.6 Å². The number of hydrogen-bond donors (Lipinski definition) is 1. The highest BCUT2D eigenvalue weighted by Crippen LogP contribution is 2.37. The van der Waals surface area contributed by atoms with Crippen LogP contribution in [-0.2, 0) is 22.6 Å². The minimum absolute atomic E-state index is 0.0216. The average molecular weight is 398 g/mol. The molecule has 1 aliphatic heterocycles. The number of carbonyl (C=O) groups is 2. The van der Waals surface area contributed by atoms with E-state index < -0.39 is 0 Å². The van der Waals surface area contributed by atoms with Crippen LogP contribution in [0.25, 0.3) is 0 Å². The maximum atomic E-state index is 12.6. The number of rotatable bonds is 7. The standard InChI is InChI=1S/C20H26N6O3/c1-2-29-17-7-3-14(4-8-17)9-18(27)22-20-15-5-6-16(20)11-25(10-15)19(28)12-26-13-21-23-24-26/h3-4,7-8,13,15-16,20H,2,5-6,9-12H2,1H3,(H,22,27)/t15-,16+,20?. The van der Waals surface area contributed by atoms with E-state index >= 15 is 0 Å². The van der Waals surface area contributed by atoms with Gasteiger partial charge in [-0.3, -0.25) is 9.59 Å². The number of benzene rings is 1. The molecule has 1 saturated heterocycles. The second kappa shape index (κ2) is 8.59. The van der Waals surface area contributed by atoms with Crippen molar-refractivity contribution in [3.63, 3.8) is 0 Å². The van der Waals surface area contributed by atoms with E-state index in [0.717, 1.165) is 24.2 Å². The zero-order valence-corrected chi connectivity index (χ0v) is 16.5. The van der Waals surface area contributed by atoms with Gasteiger partial charge >= 0.3 is 0 Å². The molecule has 0 spiro atoms. The number of carbonyl (C=O) groups excluding carboxylic acids is 2. The van der Waals surface area contributed by atoms with Crippen molar-refractivity contribution >= 4 is 11.8 Å². The van der Waals surface area contributed by atoms with Crippen LogP contribution in [0.1, 0.15) is 25.3 Å². The van der Waals surface area contributed by atoms with E-state index in [9.17, 15) is 9.59 Å². The van der Waals surface area contributed by atoms with Gasteiger partial charge in [-0.2, -0.15) is 0 Å². The van der Waals surface area contributed by atoms with Gasteiger partial charge in [0.05, 0.1) is 13.0 Å². The van der Waals surface area contributed by atoms with Crippen molar-refractivity contribution in [2.24, 2.45) is 11.8 Å². The highest BCUT2D eigenvalue weighted by molar-refractivity contribution is 5.79. The third kappa shape index (κ3) is 4.55. The van der Waals surface area contributed by atoms with Crippen molar-refractivity contribution in [3.8, 4) is 5.75 Å². The quantitative estimate of drug-likeness (QED) is 0.735. The molecule has 154 valence electrons. The van der Waals surface area contributed by atoms with Crippen LogP contribution < -0.4 is 10.1 Å². The first-order valence-electron chi connectivity index (χ1n) is 10.1. The highest BCUT2D eigenvalue weighted by atomic mass is 16.5. The van der Waals surface area contributed by atoms with Crippen LogP contribution in [-0.4, -0.2) is 62.7 Å². The number of nitrogens with zero attached hydrogens (tertiary/aromatic N) is 5. The topological polar surface area (TPSA) is 102 Å². The van der Waals surface area contributed by atoms with Crippen molar-refractivity contribution in [2.75, 3.05) is 19.7 Å². The molecule has 2 amide bonds. The molecule has 2 aliphatic rings. The first-order valence-corrected chi connectivity index (χ1v) is 10.1. The number of likely N-dealkylation sites (tertiary alicyclic amines) is 1. The Morgan fingerprint density at radius 2 is 1.90 bits per heavy atom. The molecule has 1 aromatic heterocycles. The van der Waals surface area contributed by atoms with E-state index in [-0.39, 0.29) is 24.4 Å². The van der Waals surface area contributed by atoms with Gasteiger partial charge in [-0.05, 0) is 59.7 Å². The number of nitrogens with one attached hydrogen (secondary N) is 1. The Labute approximate surface area is 169 Å². The Morgan fingerprint density at radius 1 is 1.17 bits per heavy atom. The predicted octanol–water partition coefficient (Wildman–Crippen LogP) is 0.668. The van der Waals surface area contributed by atoms with Crippen LogP contribution in [0.15, 0.2) is 30.6 Å². The summed E-state index contributed by atoms with van der Waals surface area (Å²) in [5, 5.41) is 14.1. The minimum Gasteiger partial charge on any atom is -0.494 e. The summed E-state index contributed by atoms with van der Waals surface area (Å²) in [5.41, 5.74) is 0.965. The molecule has 2 fully saturated rings. The molecule has 29 heavy (non-hydrogen) atoms. The zero-order chi connectivity index (χ0) is 20.2. The molecule has 2 aromatic rings. The monoisotopic (exact) mass is 398 g/mol. The summed E-state index contributed by atoms with van der Waals surface area (Å²) in [4.78, 5) is 27.0. The molecular weight excluding hydrogens is 372 g/mol. The van der Waals surface area contributed by atoms with E-state index in [1.54, 1.807) is 0 Å². The van der Waals surface area contributed by atoms with Crippen LogP contribution in [0.5, 0.6) is 5.75 Å². The van der Waals surface area contributed by atoms with Crippen molar-refractivity contribution in [3.05, 3.63) is 36.2 Å². The maximum Gasteiger partial charge on any atom is 0.244 e. The number of amides is 2. The lowest BCUT2D eigenvalue weighted by Crippen LogP contribution is -2.54. The fraction of sp³-hybridized carbons (Fsp3) is 0.550. The Balaban J connectivity index is 1.30. The lowest BCUT2D eigenvalue weighted by atomic mass is 9.91. The van der Waals surface area contributed by atoms with E-state index in [4.69, 9.17) is 4.74 Å². The predicted molar refractivity (Wildman–Crippen MR) is 104 cm³/mol. The SMILES string of the molecule is CCOc1ccc(CC(=O)NC2[C@@H]3CC[C@H]2CN(C(=O)Cn2cnnn2)C3)cc1. The first-order chi connectivity index (χ1) is 14.1. The molecule has 0 radical (unpaired) electrons. The number of piperidine rings is 1. The fourth-order valence-corrected chi connectivity index (χ4v) is 4.45. The van der Waals surface area contributed by atoms with Gasteiger partial charge in [0.15, 0.2) is 0 Å². The molecule has 9 nitrogen and oxygen atoms in total. The number of ether oxygens (including phenoxy) is 1. The summed E-state index contributed by atoms with van der Waals surface area (Å²) in [6, 6.07) is 7.79. The Kier molecular flexibility index (Phi) is 5.73. The van der Waals surface area contributed by atoms with Crippen LogP contribution in [0.4, 0.5) is 0 Å². The van der Waals surface area contributed by atoms with Gasteiger partial charge in [-0.1, -0.05) is 12.1 Å². The van der Waals surface area contributed by atoms with Gasteiger partial charge in [0.25, 0.3) is 0 Å². The third-order valence-corrected chi connectivity index (χ3v) is 5.80. The van der Waals surface area contributed by atoms with Crippen LogP contribution >= 0.6 is 0 Å². The highest BCUT2D eigenvalue weighted by Gasteiger charge is 2.43. The number of fused-ring (bicyclic) bond motifs is 2. The second-order valence-electron chi connectivity index (χ2n) is 7.75. The summed E-state index contributed by atoms with van der Waals surface area (Å²) in [6.07, 6.45) is 3.87. The maximum absolute atomic E-state index is 12.6. The molecule has 2 bridgehead atoms. The van der Waals surface area contributed by atoms with Crippen molar-refractivity contribution in [1.29, 1.82) is 0 Å². The number of hydrogen-bond acceptors (Lipinski definition) is 6. The molecule has 3 atom stereocenters. The van der Waals surface area contributed by atoms with Crippen LogP contribution in [0.2, 0.25) is 0 Å². The fourth-order valence-electron chi connectivity index (χ4n) is 4.45. The lowest BCUT2D eigenvalue weighted by molar-refractivity contribution is -0.134. The summed E-state index contributed by atoms with van der Waals surface area (Å²) >= 11 is 0. The minimum atomic E-state index is 0.0216. The van der Waals surface area contributed by atoms with Crippen LogP contribution in [0, 0.1) is 11.8 Å². The smallest absolute Gasteiger partial charge is 0.244 e. The van der Waals surface area contributed by atoms with E-state index in [1.807, 2.05) is 36.1 Å². The van der Waals surface area contributed by atoms with Gasteiger partial charge in [0.2, 0.25) is 11.8 Å². The Hall–Kier alpha value is -2.97. The molecule has 1 aliphatic carbocycles. The van der Waals surface area contributed by atoms with Gasteiger partial charge in [-0.25, -0.2) is 4.68 Å². The molecule has 1 N–H and O–H groups in total. The third-order valence-electron chi connectivity index (χ3n) is 5.80. The molecule has 9 heteroatoms. The summed E-state index contributed by atoms with van der Waals surface area (Å²) in [5.74, 6) is 1.47. The zero-order valence-electron chi connectivity index (χ0n) is 16.5. The largest absolute Gasteiger partial charge is 0.494 e. The summed E-state index contributed by atoms with van der Waals surface area (Å²) < 4.78 is 6.88. The van der Waals surface area contributed by atoms with E-state index in [1.165, 1.54) is 11.0 Å². The van der Waals surface area contributed by atoms with E-state index in [2.05, 4.69) is 20.8 Å². The molecular formula is C20H26N6O3. The van der Waals surface area contributed by atoms with E-state index in [0.29, 0.717) is 38.0 Å². The van der Waals surface area contributed by atoms with Gasteiger partial charge < -0.3 is 15.0 Å². The summed E-state index contributed by atoms with van der Waals surface area (Å²) in [7, 11) is 0.